The summed E-state index contributed by atoms with van der Waals surface area (Å²) in [5, 5.41) is 10.3. The summed E-state index contributed by atoms with van der Waals surface area (Å²) in [6.07, 6.45) is 0.778. The van der Waals surface area contributed by atoms with Gasteiger partial charge in [0.1, 0.15) is 0 Å². The van der Waals surface area contributed by atoms with Gasteiger partial charge in [0.25, 0.3) is 0 Å². The summed E-state index contributed by atoms with van der Waals surface area (Å²) in [6, 6.07) is 8.19. The monoisotopic (exact) mass is 191 g/mol. The van der Waals surface area contributed by atoms with Gasteiger partial charge in [0, 0.05) is 5.97 Å². The number of hydrogen-bond acceptors (Lipinski definition) is 2. The van der Waals surface area contributed by atoms with Crippen LogP contribution in [0.3, 0.4) is 0 Å². The average molecular weight is 191 g/mol. The molecular formula is C12H15O2-. The molecule has 1 atom stereocenters. The number of rotatable bonds is 4. The molecule has 1 rings (SSSR count). The van der Waals surface area contributed by atoms with Crippen LogP contribution < -0.4 is 5.11 Å². The van der Waals surface area contributed by atoms with Crippen molar-refractivity contribution in [2.24, 2.45) is 0 Å². The highest BCUT2D eigenvalue weighted by molar-refractivity contribution is 5.64. The van der Waals surface area contributed by atoms with Crippen molar-refractivity contribution in [1.29, 1.82) is 0 Å². The summed E-state index contributed by atoms with van der Waals surface area (Å²) in [4.78, 5) is 10.3. The Morgan fingerprint density at radius 1 is 1.36 bits per heavy atom. The molecule has 0 bridgehead atoms. The molecule has 0 heterocycles. The molecule has 76 valence electrons. The Morgan fingerprint density at radius 3 is 2.43 bits per heavy atom. The van der Waals surface area contributed by atoms with Crippen molar-refractivity contribution >= 4 is 5.97 Å². The van der Waals surface area contributed by atoms with E-state index in [-0.39, 0.29) is 12.3 Å². The zero-order valence-electron chi connectivity index (χ0n) is 8.62. The molecule has 0 N–H and O–H groups in total. The van der Waals surface area contributed by atoms with Gasteiger partial charge in [0.2, 0.25) is 0 Å². The minimum Gasteiger partial charge on any atom is -0.550 e. The van der Waals surface area contributed by atoms with E-state index in [9.17, 15) is 9.90 Å². The van der Waals surface area contributed by atoms with Gasteiger partial charge in [0.15, 0.2) is 0 Å². The van der Waals surface area contributed by atoms with Crippen LogP contribution in [-0.2, 0) is 4.79 Å². The molecule has 0 saturated carbocycles. The average Bonchev–Trinajstić information content (AvgIpc) is 2.15. The molecule has 0 amide bonds. The van der Waals surface area contributed by atoms with Crippen molar-refractivity contribution < 1.29 is 9.90 Å². The first kappa shape index (κ1) is 10.8. The van der Waals surface area contributed by atoms with Gasteiger partial charge in [-0.2, -0.15) is 0 Å². The van der Waals surface area contributed by atoms with Crippen LogP contribution in [-0.4, -0.2) is 5.97 Å². The van der Waals surface area contributed by atoms with E-state index in [2.05, 4.69) is 12.1 Å². The van der Waals surface area contributed by atoms with Crippen molar-refractivity contribution in [3.63, 3.8) is 0 Å². The molecular weight excluding hydrogens is 176 g/mol. The Morgan fingerprint density at radius 2 is 1.93 bits per heavy atom. The minimum absolute atomic E-state index is 0.134. The van der Waals surface area contributed by atoms with Crippen LogP contribution in [0, 0.1) is 6.92 Å². The zero-order valence-corrected chi connectivity index (χ0v) is 8.62. The SMILES string of the molecule is Cc1ccc([C@@H](C)CCC(=O)[O-])cc1. The third kappa shape index (κ3) is 3.21. The van der Waals surface area contributed by atoms with Gasteiger partial charge in [-0.15, -0.1) is 0 Å². The first-order valence-electron chi connectivity index (χ1n) is 4.86. The van der Waals surface area contributed by atoms with E-state index in [4.69, 9.17) is 0 Å². The summed E-state index contributed by atoms with van der Waals surface area (Å²) in [7, 11) is 0. The van der Waals surface area contributed by atoms with E-state index in [1.165, 1.54) is 11.1 Å². The van der Waals surface area contributed by atoms with Crippen LogP contribution in [0.2, 0.25) is 0 Å². The fourth-order valence-electron chi connectivity index (χ4n) is 1.40. The molecule has 0 aliphatic heterocycles. The van der Waals surface area contributed by atoms with Crippen LogP contribution >= 0.6 is 0 Å². The number of carbonyl (C=O) groups excluding carboxylic acids is 1. The van der Waals surface area contributed by atoms with Gasteiger partial charge in [0.05, 0.1) is 0 Å². The normalized spacial score (nSPS) is 12.4. The summed E-state index contributed by atoms with van der Waals surface area (Å²) < 4.78 is 0. The summed E-state index contributed by atoms with van der Waals surface area (Å²) in [5.41, 5.74) is 2.41. The molecule has 0 radical (unpaired) electrons. The maximum atomic E-state index is 10.3. The van der Waals surface area contributed by atoms with Crippen molar-refractivity contribution in [1.82, 2.24) is 0 Å². The van der Waals surface area contributed by atoms with Crippen molar-refractivity contribution in [2.75, 3.05) is 0 Å². The highest BCUT2D eigenvalue weighted by atomic mass is 16.4. The first-order chi connectivity index (χ1) is 6.59. The molecule has 1 aromatic carbocycles. The van der Waals surface area contributed by atoms with Crippen LogP contribution in [0.1, 0.15) is 36.8 Å². The fourth-order valence-corrected chi connectivity index (χ4v) is 1.40. The molecule has 2 nitrogen and oxygen atoms in total. The third-order valence-corrected chi connectivity index (χ3v) is 2.43. The quantitative estimate of drug-likeness (QED) is 0.725. The second-order valence-corrected chi connectivity index (χ2v) is 3.72. The van der Waals surface area contributed by atoms with Crippen molar-refractivity contribution in [2.45, 2.75) is 32.6 Å². The van der Waals surface area contributed by atoms with Crippen molar-refractivity contribution in [3.8, 4) is 0 Å². The van der Waals surface area contributed by atoms with Gasteiger partial charge in [-0.1, -0.05) is 36.8 Å². The summed E-state index contributed by atoms with van der Waals surface area (Å²) in [5.74, 6) is -0.683. The molecule has 0 saturated heterocycles. The highest BCUT2D eigenvalue weighted by Crippen LogP contribution is 2.20. The van der Waals surface area contributed by atoms with E-state index in [1.807, 2.05) is 26.0 Å². The Labute approximate surface area is 84.6 Å². The zero-order chi connectivity index (χ0) is 10.6. The second kappa shape index (κ2) is 4.80. The van der Waals surface area contributed by atoms with E-state index in [1.54, 1.807) is 0 Å². The molecule has 0 aliphatic rings. The maximum absolute atomic E-state index is 10.3. The molecule has 14 heavy (non-hydrogen) atoms. The van der Waals surface area contributed by atoms with Gasteiger partial charge < -0.3 is 9.90 Å². The lowest BCUT2D eigenvalue weighted by atomic mass is 9.95. The Hall–Kier alpha value is -1.31. The predicted molar refractivity (Wildman–Crippen MR) is 53.8 cm³/mol. The number of carboxylic acid groups (broad SMARTS) is 1. The third-order valence-electron chi connectivity index (χ3n) is 2.43. The minimum atomic E-state index is -0.969. The first-order valence-corrected chi connectivity index (χ1v) is 4.86. The smallest absolute Gasteiger partial charge is 0.0414 e. The lowest BCUT2D eigenvalue weighted by molar-refractivity contribution is -0.305. The largest absolute Gasteiger partial charge is 0.550 e. The van der Waals surface area contributed by atoms with Crippen LogP contribution in [0.15, 0.2) is 24.3 Å². The molecule has 2 heteroatoms. The number of carboxylic acids is 1. The van der Waals surface area contributed by atoms with Crippen LogP contribution in [0.25, 0.3) is 0 Å². The molecule has 0 spiro atoms. The van der Waals surface area contributed by atoms with Gasteiger partial charge in [-0.05, 0) is 31.2 Å². The Bertz CT molecular complexity index is 301. The highest BCUT2D eigenvalue weighted by Gasteiger charge is 2.04. The summed E-state index contributed by atoms with van der Waals surface area (Å²) >= 11 is 0. The molecule has 1 aromatic rings. The Balaban J connectivity index is 2.56. The van der Waals surface area contributed by atoms with E-state index < -0.39 is 5.97 Å². The number of benzene rings is 1. The Kier molecular flexibility index (Phi) is 3.69. The number of aliphatic carboxylic acids is 1. The van der Waals surface area contributed by atoms with Gasteiger partial charge in [-0.25, -0.2) is 0 Å². The second-order valence-electron chi connectivity index (χ2n) is 3.72. The molecule has 0 unspecified atom stereocenters. The van der Waals surface area contributed by atoms with Gasteiger partial charge >= 0.3 is 0 Å². The topological polar surface area (TPSA) is 40.1 Å². The fraction of sp³-hybridized carbons (Fsp3) is 0.417. The predicted octanol–water partition coefficient (Wildman–Crippen LogP) is 1.63. The maximum Gasteiger partial charge on any atom is 0.0414 e. The standard InChI is InChI=1S/C12H16O2/c1-9-3-6-11(7-4-9)10(2)5-8-12(13)14/h3-4,6-7,10H,5,8H2,1-2H3,(H,13,14)/p-1/t10-/m0/s1. The molecule has 0 aliphatic carbocycles. The van der Waals surface area contributed by atoms with E-state index >= 15 is 0 Å². The molecule has 0 fully saturated rings. The lowest BCUT2D eigenvalue weighted by Gasteiger charge is -2.12. The number of hydrogen-bond donors (Lipinski definition) is 0. The van der Waals surface area contributed by atoms with Gasteiger partial charge in [-0.3, -0.25) is 0 Å². The number of aryl methyl sites for hydroxylation is 1. The van der Waals surface area contributed by atoms with E-state index in [0.29, 0.717) is 6.42 Å². The lowest BCUT2D eigenvalue weighted by Crippen LogP contribution is -2.22. The number of carbonyl (C=O) groups is 1. The van der Waals surface area contributed by atoms with Crippen LogP contribution in [0.4, 0.5) is 0 Å². The van der Waals surface area contributed by atoms with Crippen molar-refractivity contribution in [3.05, 3.63) is 35.4 Å². The van der Waals surface area contributed by atoms with E-state index in [0.717, 1.165) is 0 Å². The van der Waals surface area contributed by atoms with Crippen LogP contribution in [0.5, 0.6) is 0 Å². The molecule has 0 aromatic heterocycles. The summed E-state index contributed by atoms with van der Waals surface area (Å²) in [6.45, 7) is 4.07.